The van der Waals surface area contributed by atoms with E-state index >= 15 is 0 Å². The highest BCUT2D eigenvalue weighted by atomic mass is 19.1. The number of ether oxygens (including phenoxy) is 2. The Morgan fingerprint density at radius 2 is 2.05 bits per heavy atom. The average Bonchev–Trinajstić information content (AvgIpc) is 2.53. The van der Waals surface area contributed by atoms with Gasteiger partial charge in [-0.2, -0.15) is 0 Å². The Kier molecular flexibility index (Phi) is 5.85. The molecule has 0 unspecified atom stereocenters. The lowest BCUT2D eigenvalue weighted by Crippen LogP contribution is -2.46. The third-order valence-electron chi connectivity index (χ3n) is 3.43. The first-order valence-electron chi connectivity index (χ1n) is 7.07. The number of nitrogens with two attached hydrogens (primary N) is 1. The van der Waals surface area contributed by atoms with Crippen molar-refractivity contribution in [2.45, 2.75) is 12.5 Å². The van der Waals surface area contributed by atoms with Gasteiger partial charge in [-0.1, -0.05) is 12.1 Å². The highest BCUT2D eigenvalue weighted by Gasteiger charge is 2.24. The first-order chi connectivity index (χ1) is 10.6. The SMILES string of the molecule is NC(=O)[C@@H](CNC(=O)[C@H]1COCCO1)Cc1ccc(F)cc1. The number of rotatable bonds is 6. The van der Waals surface area contributed by atoms with Crippen molar-refractivity contribution in [3.63, 3.8) is 0 Å². The summed E-state index contributed by atoms with van der Waals surface area (Å²) in [5, 5.41) is 2.65. The molecule has 0 bridgehead atoms. The average molecular weight is 310 g/mol. The lowest BCUT2D eigenvalue weighted by atomic mass is 9.98. The monoisotopic (exact) mass is 310 g/mol. The molecular formula is C15H19FN2O4. The van der Waals surface area contributed by atoms with E-state index in [1.165, 1.54) is 12.1 Å². The number of nitrogens with one attached hydrogen (secondary N) is 1. The maximum atomic E-state index is 12.9. The Hall–Kier alpha value is -1.99. The van der Waals surface area contributed by atoms with Crippen LogP contribution in [0.4, 0.5) is 4.39 Å². The third kappa shape index (κ3) is 4.78. The lowest BCUT2D eigenvalue weighted by molar-refractivity contribution is -0.147. The van der Waals surface area contributed by atoms with Gasteiger partial charge in [0.05, 0.1) is 25.7 Å². The third-order valence-corrected chi connectivity index (χ3v) is 3.43. The first-order valence-corrected chi connectivity index (χ1v) is 7.07. The Morgan fingerprint density at radius 1 is 1.32 bits per heavy atom. The Morgan fingerprint density at radius 3 is 2.64 bits per heavy atom. The molecule has 0 spiro atoms. The van der Waals surface area contributed by atoms with Crippen LogP contribution in [0, 0.1) is 11.7 Å². The summed E-state index contributed by atoms with van der Waals surface area (Å²) in [5.41, 5.74) is 6.13. The quantitative estimate of drug-likeness (QED) is 0.774. The second kappa shape index (κ2) is 7.86. The normalized spacial score (nSPS) is 19.4. The Bertz CT molecular complexity index is 515. The summed E-state index contributed by atoms with van der Waals surface area (Å²) in [6.45, 7) is 1.14. The molecule has 6 nitrogen and oxygen atoms in total. The highest BCUT2D eigenvalue weighted by molar-refractivity contribution is 5.82. The van der Waals surface area contributed by atoms with Crippen molar-refractivity contribution in [2.75, 3.05) is 26.4 Å². The van der Waals surface area contributed by atoms with Crippen LogP contribution in [0.3, 0.4) is 0 Å². The van der Waals surface area contributed by atoms with Crippen molar-refractivity contribution in [3.05, 3.63) is 35.6 Å². The van der Waals surface area contributed by atoms with Crippen LogP contribution in [0.5, 0.6) is 0 Å². The Labute approximate surface area is 127 Å². The molecule has 0 radical (unpaired) electrons. The molecule has 22 heavy (non-hydrogen) atoms. The smallest absolute Gasteiger partial charge is 0.251 e. The molecule has 1 fully saturated rings. The number of primary amides is 1. The van der Waals surface area contributed by atoms with Crippen molar-refractivity contribution in [1.82, 2.24) is 5.32 Å². The molecule has 2 amide bonds. The van der Waals surface area contributed by atoms with E-state index in [1.807, 2.05) is 0 Å². The van der Waals surface area contributed by atoms with Crippen LogP contribution in [0.2, 0.25) is 0 Å². The van der Waals surface area contributed by atoms with E-state index in [-0.39, 0.29) is 24.9 Å². The molecule has 3 N–H and O–H groups in total. The number of amides is 2. The summed E-state index contributed by atoms with van der Waals surface area (Å²) in [6.07, 6.45) is -0.328. The Balaban J connectivity index is 1.87. The van der Waals surface area contributed by atoms with Gasteiger partial charge >= 0.3 is 0 Å². The number of hydrogen-bond acceptors (Lipinski definition) is 4. The van der Waals surface area contributed by atoms with Crippen LogP contribution in [0.1, 0.15) is 5.56 Å². The molecule has 2 atom stereocenters. The van der Waals surface area contributed by atoms with Gasteiger partial charge in [-0.25, -0.2) is 4.39 Å². The predicted octanol–water partition coefficient (Wildman–Crippen LogP) is 0.00130. The molecular weight excluding hydrogens is 291 g/mol. The summed E-state index contributed by atoms with van der Waals surface area (Å²) in [4.78, 5) is 23.4. The maximum absolute atomic E-state index is 12.9. The summed E-state index contributed by atoms with van der Waals surface area (Å²) in [5.74, 6) is -1.77. The van der Waals surface area contributed by atoms with E-state index in [9.17, 15) is 14.0 Å². The molecule has 1 aliphatic heterocycles. The molecule has 1 heterocycles. The summed E-state index contributed by atoms with van der Waals surface area (Å²) < 4.78 is 23.3. The van der Waals surface area contributed by atoms with Crippen LogP contribution in [-0.4, -0.2) is 44.3 Å². The van der Waals surface area contributed by atoms with E-state index in [0.29, 0.717) is 19.6 Å². The zero-order valence-corrected chi connectivity index (χ0v) is 12.1. The van der Waals surface area contributed by atoms with E-state index in [4.69, 9.17) is 15.2 Å². The van der Waals surface area contributed by atoms with E-state index in [2.05, 4.69) is 5.32 Å². The van der Waals surface area contributed by atoms with Crippen molar-refractivity contribution in [3.8, 4) is 0 Å². The highest BCUT2D eigenvalue weighted by Crippen LogP contribution is 2.10. The number of benzene rings is 1. The molecule has 7 heteroatoms. The fourth-order valence-electron chi connectivity index (χ4n) is 2.16. The van der Waals surface area contributed by atoms with Crippen LogP contribution in [0.25, 0.3) is 0 Å². The van der Waals surface area contributed by atoms with Crippen LogP contribution < -0.4 is 11.1 Å². The van der Waals surface area contributed by atoms with Crippen molar-refractivity contribution < 1.29 is 23.5 Å². The topological polar surface area (TPSA) is 90.7 Å². The minimum atomic E-state index is -0.659. The van der Waals surface area contributed by atoms with Crippen molar-refractivity contribution in [1.29, 1.82) is 0 Å². The number of carbonyl (C=O) groups excluding carboxylic acids is 2. The summed E-state index contributed by atoms with van der Waals surface area (Å²) in [6, 6.07) is 5.81. The molecule has 1 aromatic rings. The van der Waals surface area contributed by atoms with Crippen LogP contribution >= 0.6 is 0 Å². The van der Waals surface area contributed by atoms with Gasteiger partial charge < -0.3 is 20.5 Å². The van der Waals surface area contributed by atoms with E-state index in [1.54, 1.807) is 12.1 Å². The van der Waals surface area contributed by atoms with Gasteiger partial charge in [-0.15, -0.1) is 0 Å². The summed E-state index contributed by atoms with van der Waals surface area (Å²) in [7, 11) is 0. The number of carbonyl (C=O) groups is 2. The van der Waals surface area contributed by atoms with Gasteiger partial charge in [0, 0.05) is 6.54 Å². The largest absolute Gasteiger partial charge is 0.376 e. The van der Waals surface area contributed by atoms with Crippen molar-refractivity contribution in [2.24, 2.45) is 11.7 Å². The van der Waals surface area contributed by atoms with Crippen LogP contribution in [0.15, 0.2) is 24.3 Å². The maximum Gasteiger partial charge on any atom is 0.251 e. The predicted molar refractivity (Wildman–Crippen MR) is 76.4 cm³/mol. The molecule has 120 valence electrons. The van der Waals surface area contributed by atoms with E-state index in [0.717, 1.165) is 5.56 Å². The minimum Gasteiger partial charge on any atom is -0.376 e. The van der Waals surface area contributed by atoms with Crippen molar-refractivity contribution >= 4 is 11.8 Å². The van der Waals surface area contributed by atoms with Gasteiger partial charge in [0.2, 0.25) is 5.91 Å². The number of halogens is 1. The molecule has 1 saturated heterocycles. The fourth-order valence-corrected chi connectivity index (χ4v) is 2.16. The fraction of sp³-hybridized carbons (Fsp3) is 0.467. The lowest BCUT2D eigenvalue weighted by Gasteiger charge is -2.23. The van der Waals surface area contributed by atoms with E-state index < -0.39 is 17.9 Å². The molecule has 1 aliphatic rings. The standard InChI is InChI=1S/C15H19FN2O4/c16-12-3-1-10(2-4-12)7-11(14(17)19)8-18-15(20)13-9-21-5-6-22-13/h1-4,11,13H,5-9H2,(H2,17,19)(H,18,20)/t11-,13-/m1/s1. The zero-order valence-electron chi connectivity index (χ0n) is 12.1. The molecule has 0 aliphatic carbocycles. The molecule has 2 rings (SSSR count). The van der Waals surface area contributed by atoms with Gasteiger partial charge in [-0.05, 0) is 24.1 Å². The van der Waals surface area contributed by atoms with Gasteiger partial charge in [0.15, 0.2) is 6.10 Å². The summed E-state index contributed by atoms with van der Waals surface area (Å²) >= 11 is 0. The van der Waals surface area contributed by atoms with Gasteiger partial charge in [0.25, 0.3) is 5.91 Å². The van der Waals surface area contributed by atoms with Crippen LogP contribution in [-0.2, 0) is 25.5 Å². The molecule has 0 saturated carbocycles. The second-order valence-corrected chi connectivity index (χ2v) is 5.11. The second-order valence-electron chi connectivity index (χ2n) is 5.11. The first kappa shape index (κ1) is 16.4. The molecule has 1 aromatic carbocycles. The van der Waals surface area contributed by atoms with Gasteiger partial charge in [0.1, 0.15) is 5.82 Å². The zero-order chi connectivity index (χ0) is 15.9. The number of hydrogen-bond donors (Lipinski definition) is 2. The van der Waals surface area contributed by atoms with Gasteiger partial charge in [-0.3, -0.25) is 9.59 Å². The molecule has 0 aromatic heterocycles. The minimum absolute atomic E-state index is 0.103.